The zero-order valence-electron chi connectivity index (χ0n) is 11.6. The fourth-order valence-electron chi connectivity index (χ4n) is 1.89. The first kappa shape index (κ1) is 15.6. The minimum atomic E-state index is -3.87. The van der Waals surface area contributed by atoms with Crippen LogP contribution in [0.15, 0.2) is 35.6 Å². The highest BCUT2D eigenvalue weighted by molar-refractivity contribution is 7.89. The van der Waals surface area contributed by atoms with E-state index in [-0.39, 0.29) is 11.4 Å². The van der Waals surface area contributed by atoms with Crippen LogP contribution < -0.4 is 10.0 Å². The van der Waals surface area contributed by atoms with E-state index >= 15 is 0 Å². The second-order valence-electron chi connectivity index (χ2n) is 4.52. The minimum Gasteiger partial charge on any atom is -0.348 e. The molecule has 8 heteroatoms. The number of hydrogen-bond acceptors (Lipinski definition) is 4. The molecule has 0 fully saturated rings. The number of aromatic amines is 1. The molecule has 0 radical (unpaired) electrons. The van der Waals surface area contributed by atoms with Gasteiger partial charge in [-0.25, -0.2) is 22.5 Å². The van der Waals surface area contributed by atoms with Gasteiger partial charge in [-0.15, -0.1) is 0 Å². The Bertz CT molecular complexity index is 686. The number of H-pyrrole nitrogens is 1. The van der Waals surface area contributed by atoms with E-state index in [1.807, 2.05) is 0 Å². The van der Waals surface area contributed by atoms with E-state index in [1.54, 1.807) is 19.3 Å². The van der Waals surface area contributed by atoms with E-state index < -0.39 is 15.8 Å². The van der Waals surface area contributed by atoms with Crippen molar-refractivity contribution in [3.8, 4) is 0 Å². The van der Waals surface area contributed by atoms with Gasteiger partial charge in [-0.2, -0.15) is 0 Å². The van der Waals surface area contributed by atoms with Gasteiger partial charge in [-0.1, -0.05) is 6.07 Å². The zero-order chi connectivity index (χ0) is 15.3. The number of aromatic nitrogens is 2. The fourth-order valence-corrected chi connectivity index (χ4v) is 3.04. The van der Waals surface area contributed by atoms with Crippen molar-refractivity contribution >= 4 is 10.0 Å². The van der Waals surface area contributed by atoms with E-state index in [9.17, 15) is 12.8 Å². The average Bonchev–Trinajstić information content (AvgIpc) is 2.94. The summed E-state index contributed by atoms with van der Waals surface area (Å²) in [5, 5.41) is 2.90. The Labute approximate surface area is 122 Å². The zero-order valence-corrected chi connectivity index (χ0v) is 12.4. The van der Waals surface area contributed by atoms with E-state index in [1.165, 1.54) is 12.4 Å². The van der Waals surface area contributed by atoms with Crippen molar-refractivity contribution in [1.29, 1.82) is 0 Å². The predicted molar refractivity (Wildman–Crippen MR) is 76.6 cm³/mol. The Balaban J connectivity index is 2.09. The topological polar surface area (TPSA) is 86.9 Å². The number of nitrogens with zero attached hydrogens (tertiary/aromatic N) is 1. The molecule has 0 atom stereocenters. The molecule has 1 aromatic carbocycles. The number of halogens is 1. The second kappa shape index (κ2) is 6.79. The molecule has 0 saturated heterocycles. The van der Waals surface area contributed by atoms with E-state index in [0.29, 0.717) is 18.5 Å². The monoisotopic (exact) mass is 312 g/mol. The Hall–Kier alpha value is -1.77. The largest absolute Gasteiger partial charge is 0.348 e. The number of benzene rings is 1. The first-order chi connectivity index (χ1) is 10.0. The summed E-state index contributed by atoms with van der Waals surface area (Å²) >= 11 is 0. The van der Waals surface area contributed by atoms with Crippen molar-refractivity contribution in [2.24, 2.45) is 0 Å². The molecule has 6 nitrogen and oxygen atoms in total. The van der Waals surface area contributed by atoms with Crippen molar-refractivity contribution in [3.63, 3.8) is 0 Å². The van der Waals surface area contributed by atoms with E-state index in [0.717, 1.165) is 11.8 Å². The third-order valence-electron chi connectivity index (χ3n) is 2.91. The molecule has 1 heterocycles. The van der Waals surface area contributed by atoms with Crippen LogP contribution in [0.5, 0.6) is 0 Å². The summed E-state index contributed by atoms with van der Waals surface area (Å²) in [6.07, 6.45) is 3.59. The highest BCUT2D eigenvalue weighted by atomic mass is 32.2. The molecule has 0 saturated carbocycles. The Morgan fingerprint density at radius 3 is 2.86 bits per heavy atom. The molecule has 0 aliphatic heterocycles. The highest BCUT2D eigenvalue weighted by Crippen LogP contribution is 2.16. The molecule has 0 aliphatic rings. The maximum absolute atomic E-state index is 13.8. The number of hydrogen-bond donors (Lipinski definition) is 3. The smallest absolute Gasteiger partial charge is 0.243 e. The Morgan fingerprint density at radius 1 is 1.38 bits per heavy atom. The van der Waals surface area contributed by atoms with Crippen LogP contribution in [0, 0.1) is 5.82 Å². The molecule has 1 aromatic heterocycles. The summed E-state index contributed by atoms with van der Waals surface area (Å²) in [7, 11) is -2.14. The molecule has 0 amide bonds. The van der Waals surface area contributed by atoms with Gasteiger partial charge in [0.1, 0.15) is 10.7 Å². The van der Waals surface area contributed by atoms with Gasteiger partial charge in [0.15, 0.2) is 0 Å². The molecule has 0 aliphatic carbocycles. The van der Waals surface area contributed by atoms with Crippen LogP contribution in [-0.4, -0.2) is 32.0 Å². The molecular formula is C13H17FN4O2S. The second-order valence-corrected chi connectivity index (χ2v) is 6.26. The lowest BCUT2D eigenvalue weighted by Gasteiger charge is -2.09. The first-order valence-corrected chi connectivity index (χ1v) is 7.91. The summed E-state index contributed by atoms with van der Waals surface area (Å²) in [5.74, 6) is -0.760. The molecule has 114 valence electrons. The fraction of sp³-hybridized carbons (Fsp3) is 0.308. The Kier molecular flexibility index (Phi) is 5.05. The highest BCUT2D eigenvalue weighted by Gasteiger charge is 2.19. The van der Waals surface area contributed by atoms with Gasteiger partial charge in [-0.05, 0) is 24.7 Å². The van der Waals surface area contributed by atoms with Gasteiger partial charge >= 0.3 is 0 Å². The number of rotatable bonds is 7. The SMILES string of the molecule is CNCc1ccc(F)c(S(=O)(=O)NCCc2cnc[nH]2)c1. The predicted octanol–water partition coefficient (Wildman–Crippen LogP) is 0.789. The molecule has 2 aromatic rings. The normalized spacial score (nSPS) is 11.7. The van der Waals surface area contributed by atoms with E-state index in [2.05, 4.69) is 20.0 Å². The van der Waals surface area contributed by atoms with Crippen molar-refractivity contribution in [3.05, 3.63) is 47.8 Å². The molecule has 2 rings (SSSR count). The number of imidazole rings is 1. The summed E-state index contributed by atoms with van der Waals surface area (Å²) in [4.78, 5) is 6.38. The maximum atomic E-state index is 13.8. The van der Waals surface area contributed by atoms with Crippen molar-refractivity contribution in [1.82, 2.24) is 20.0 Å². The summed E-state index contributed by atoms with van der Waals surface area (Å²) in [5.41, 5.74) is 1.51. The minimum absolute atomic E-state index is 0.167. The lowest BCUT2D eigenvalue weighted by molar-refractivity contribution is 0.556. The molecule has 21 heavy (non-hydrogen) atoms. The van der Waals surface area contributed by atoms with Crippen LogP contribution in [0.3, 0.4) is 0 Å². The average molecular weight is 312 g/mol. The molecule has 0 spiro atoms. The lowest BCUT2D eigenvalue weighted by atomic mass is 10.2. The third kappa shape index (κ3) is 4.10. The summed E-state index contributed by atoms with van der Waals surface area (Å²) < 4.78 is 40.4. The maximum Gasteiger partial charge on any atom is 0.243 e. The van der Waals surface area contributed by atoms with Crippen molar-refractivity contribution < 1.29 is 12.8 Å². The summed E-state index contributed by atoms with van der Waals surface area (Å²) in [6, 6.07) is 4.05. The quantitative estimate of drug-likeness (QED) is 0.705. The molecular weight excluding hydrogens is 295 g/mol. The van der Waals surface area contributed by atoms with Gasteiger partial charge in [0.25, 0.3) is 0 Å². The summed E-state index contributed by atoms with van der Waals surface area (Å²) in [6.45, 7) is 0.636. The molecule has 3 N–H and O–H groups in total. The van der Waals surface area contributed by atoms with Crippen molar-refractivity contribution in [2.75, 3.05) is 13.6 Å². The van der Waals surface area contributed by atoms with Crippen LogP contribution in [-0.2, 0) is 23.0 Å². The van der Waals surface area contributed by atoms with Crippen LogP contribution in [0.2, 0.25) is 0 Å². The number of sulfonamides is 1. The first-order valence-electron chi connectivity index (χ1n) is 6.43. The lowest BCUT2D eigenvalue weighted by Crippen LogP contribution is -2.27. The van der Waals surface area contributed by atoms with Crippen molar-refractivity contribution in [2.45, 2.75) is 17.9 Å². The van der Waals surface area contributed by atoms with Gasteiger partial charge in [0, 0.05) is 31.4 Å². The van der Waals surface area contributed by atoms with Gasteiger partial charge in [0.2, 0.25) is 10.0 Å². The van der Waals surface area contributed by atoms with Crippen LogP contribution in [0.25, 0.3) is 0 Å². The van der Waals surface area contributed by atoms with Crippen LogP contribution in [0.4, 0.5) is 4.39 Å². The van der Waals surface area contributed by atoms with Gasteiger partial charge in [-0.3, -0.25) is 0 Å². The Morgan fingerprint density at radius 2 is 2.19 bits per heavy atom. The van der Waals surface area contributed by atoms with Gasteiger partial charge in [0.05, 0.1) is 6.33 Å². The van der Waals surface area contributed by atoms with Gasteiger partial charge < -0.3 is 10.3 Å². The molecule has 0 unspecified atom stereocenters. The standard InChI is InChI=1S/C13H17FN4O2S/c1-15-7-10-2-3-12(14)13(6-10)21(19,20)18-5-4-11-8-16-9-17-11/h2-3,6,8-9,15,18H,4-5,7H2,1H3,(H,16,17). The van der Waals surface area contributed by atoms with Crippen LogP contribution >= 0.6 is 0 Å². The molecule has 0 bridgehead atoms. The van der Waals surface area contributed by atoms with Crippen LogP contribution in [0.1, 0.15) is 11.3 Å². The van der Waals surface area contributed by atoms with E-state index in [4.69, 9.17) is 0 Å². The third-order valence-corrected chi connectivity index (χ3v) is 4.38. The number of nitrogens with one attached hydrogen (secondary N) is 3.